The third-order valence-electron chi connectivity index (χ3n) is 4.54. The number of benzene rings is 2. The van der Waals surface area contributed by atoms with Crippen LogP contribution in [-0.4, -0.2) is 32.1 Å². The van der Waals surface area contributed by atoms with E-state index in [-0.39, 0.29) is 5.75 Å². The second kappa shape index (κ2) is 8.71. The SMILES string of the molecule is CCS(=O)(=O)N1C=C(NC)C(Cc2c(Cl)cccc2Oc2ccccc2)=CC1. The van der Waals surface area contributed by atoms with Crippen LogP contribution in [-0.2, 0) is 16.4 Å². The van der Waals surface area contributed by atoms with E-state index in [4.69, 9.17) is 16.3 Å². The smallest absolute Gasteiger partial charge is 0.234 e. The maximum absolute atomic E-state index is 12.2. The molecule has 0 saturated carbocycles. The van der Waals surface area contributed by atoms with E-state index in [1.165, 1.54) is 4.31 Å². The van der Waals surface area contributed by atoms with Gasteiger partial charge in [0.2, 0.25) is 10.0 Å². The lowest BCUT2D eigenvalue weighted by Crippen LogP contribution is -2.32. The standard InChI is InChI=1S/C21H23ClN2O3S/c1-3-28(25,26)24-13-12-16(20(15-24)23-2)14-18-19(22)10-7-11-21(18)27-17-8-5-4-6-9-17/h4-12,15,23H,3,13-14H2,1-2H3. The summed E-state index contributed by atoms with van der Waals surface area (Å²) in [5, 5.41) is 3.70. The van der Waals surface area contributed by atoms with Crippen LogP contribution < -0.4 is 10.1 Å². The number of hydrogen-bond donors (Lipinski definition) is 1. The van der Waals surface area contributed by atoms with Crippen molar-refractivity contribution in [3.8, 4) is 11.5 Å². The third kappa shape index (κ3) is 4.51. The number of nitrogens with zero attached hydrogens (tertiary/aromatic N) is 1. The maximum Gasteiger partial charge on any atom is 0.234 e. The Labute approximate surface area is 171 Å². The van der Waals surface area contributed by atoms with Gasteiger partial charge < -0.3 is 10.1 Å². The van der Waals surface area contributed by atoms with Gasteiger partial charge in [-0.25, -0.2) is 8.42 Å². The summed E-state index contributed by atoms with van der Waals surface area (Å²) in [5.41, 5.74) is 2.57. The van der Waals surface area contributed by atoms with Crippen LogP contribution in [0.5, 0.6) is 11.5 Å². The quantitative estimate of drug-likeness (QED) is 0.727. The molecule has 1 N–H and O–H groups in total. The van der Waals surface area contributed by atoms with Crippen LogP contribution in [0.4, 0.5) is 0 Å². The van der Waals surface area contributed by atoms with Gasteiger partial charge >= 0.3 is 0 Å². The van der Waals surface area contributed by atoms with Crippen molar-refractivity contribution >= 4 is 21.6 Å². The average molecular weight is 419 g/mol. The Balaban J connectivity index is 1.89. The van der Waals surface area contributed by atoms with Crippen molar-refractivity contribution < 1.29 is 13.2 Å². The van der Waals surface area contributed by atoms with Crippen molar-refractivity contribution in [2.75, 3.05) is 19.3 Å². The van der Waals surface area contributed by atoms with Crippen molar-refractivity contribution in [1.29, 1.82) is 0 Å². The van der Waals surface area contributed by atoms with Gasteiger partial charge in [-0.3, -0.25) is 4.31 Å². The van der Waals surface area contributed by atoms with Crippen LogP contribution in [0.1, 0.15) is 12.5 Å². The zero-order valence-electron chi connectivity index (χ0n) is 15.9. The molecule has 0 radical (unpaired) electrons. The number of nitrogens with one attached hydrogen (secondary N) is 1. The second-order valence-corrected chi connectivity index (χ2v) is 8.92. The zero-order chi connectivity index (χ0) is 20.1. The minimum Gasteiger partial charge on any atom is -0.457 e. The molecule has 1 aliphatic rings. The van der Waals surface area contributed by atoms with Crippen molar-refractivity contribution in [2.24, 2.45) is 0 Å². The highest BCUT2D eigenvalue weighted by molar-refractivity contribution is 7.89. The molecule has 148 valence electrons. The van der Waals surface area contributed by atoms with Gasteiger partial charge in [0.1, 0.15) is 11.5 Å². The molecule has 7 heteroatoms. The van der Waals surface area contributed by atoms with E-state index < -0.39 is 10.0 Å². The van der Waals surface area contributed by atoms with Gasteiger partial charge in [0.15, 0.2) is 0 Å². The molecular weight excluding hydrogens is 396 g/mol. The number of sulfonamides is 1. The Hall–Kier alpha value is -2.44. The summed E-state index contributed by atoms with van der Waals surface area (Å²) in [6.45, 7) is 1.94. The van der Waals surface area contributed by atoms with E-state index in [9.17, 15) is 8.42 Å². The van der Waals surface area contributed by atoms with Gasteiger partial charge in [-0.1, -0.05) is 41.9 Å². The Morgan fingerprint density at radius 2 is 1.89 bits per heavy atom. The van der Waals surface area contributed by atoms with E-state index in [1.54, 1.807) is 20.2 Å². The first kappa shape index (κ1) is 20.3. The fourth-order valence-corrected chi connectivity index (χ4v) is 4.09. The lowest BCUT2D eigenvalue weighted by atomic mass is 10.00. The monoisotopic (exact) mass is 418 g/mol. The predicted octanol–water partition coefficient (Wildman–Crippen LogP) is 4.33. The first-order valence-electron chi connectivity index (χ1n) is 9.03. The Bertz CT molecular complexity index is 1000. The van der Waals surface area contributed by atoms with E-state index in [2.05, 4.69) is 5.32 Å². The van der Waals surface area contributed by atoms with Crippen LogP contribution in [0, 0.1) is 0 Å². The molecule has 1 aliphatic heterocycles. The van der Waals surface area contributed by atoms with Gasteiger partial charge in [-0.15, -0.1) is 0 Å². The van der Waals surface area contributed by atoms with E-state index >= 15 is 0 Å². The molecule has 0 amide bonds. The summed E-state index contributed by atoms with van der Waals surface area (Å²) in [5.74, 6) is 1.47. The summed E-state index contributed by atoms with van der Waals surface area (Å²) in [6, 6.07) is 15.1. The maximum atomic E-state index is 12.2. The fourth-order valence-electron chi connectivity index (χ4n) is 2.95. The third-order valence-corrected chi connectivity index (χ3v) is 6.60. The molecule has 28 heavy (non-hydrogen) atoms. The van der Waals surface area contributed by atoms with Crippen molar-refractivity contribution in [2.45, 2.75) is 13.3 Å². The highest BCUT2D eigenvalue weighted by Gasteiger charge is 2.22. The van der Waals surface area contributed by atoms with Crippen molar-refractivity contribution in [3.05, 3.63) is 82.7 Å². The normalized spacial score (nSPS) is 14.3. The Morgan fingerprint density at radius 1 is 1.14 bits per heavy atom. The van der Waals surface area contributed by atoms with Crippen LogP contribution in [0.2, 0.25) is 5.02 Å². The number of halogens is 1. The molecule has 2 aromatic rings. The van der Waals surface area contributed by atoms with Gasteiger partial charge in [0.25, 0.3) is 0 Å². The van der Waals surface area contributed by atoms with Crippen molar-refractivity contribution in [3.63, 3.8) is 0 Å². The van der Waals surface area contributed by atoms with Gasteiger partial charge in [0.05, 0.1) is 18.0 Å². The van der Waals surface area contributed by atoms with Gasteiger partial charge in [-0.2, -0.15) is 0 Å². The molecule has 0 atom stereocenters. The first-order chi connectivity index (χ1) is 13.4. The summed E-state index contributed by atoms with van der Waals surface area (Å²) in [6.07, 6.45) is 4.08. The number of ether oxygens (including phenoxy) is 1. The fraction of sp³-hybridized carbons (Fsp3) is 0.238. The van der Waals surface area contributed by atoms with Crippen LogP contribution >= 0.6 is 11.6 Å². The minimum absolute atomic E-state index is 0.0588. The van der Waals surface area contributed by atoms with Crippen LogP contribution in [0.3, 0.4) is 0 Å². The molecule has 0 spiro atoms. The molecule has 0 bridgehead atoms. The van der Waals surface area contributed by atoms with E-state index in [0.29, 0.717) is 23.7 Å². The summed E-state index contributed by atoms with van der Waals surface area (Å²) >= 11 is 6.48. The van der Waals surface area contributed by atoms with Crippen LogP contribution in [0.25, 0.3) is 0 Å². The van der Waals surface area contributed by atoms with Gasteiger partial charge in [-0.05, 0) is 36.8 Å². The topological polar surface area (TPSA) is 58.6 Å². The molecule has 3 rings (SSSR count). The Morgan fingerprint density at radius 3 is 2.57 bits per heavy atom. The van der Waals surface area contributed by atoms with E-state index in [1.807, 2.05) is 54.6 Å². The average Bonchev–Trinajstić information content (AvgIpc) is 2.71. The molecule has 0 saturated heterocycles. The molecule has 2 aromatic carbocycles. The molecular formula is C21H23ClN2O3S. The highest BCUT2D eigenvalue weighted by atomic mass is 35.5. The largest absolute Gasteiger partial charge is 0.457 e. The molecule has 5 nitrogen and oxygen atoms in total. The highest BCUT2D eigenvalue weighted by Crippen LogP contribution is 2.34. The minimum atomic E-state index is -3.30. The van der Waals surface area contributed by atoms with Gasteiger partial charge in [0, 0.05) is 30.3 Å². The summed E-state index contributed by atoms with van der Waals surface area (Å²) in [4.78, 5) is 0. The number of allylic oxidation sites excluding steroid dienone is 1. The summed E-state index contributed by atoms with van der Waals surface area (Å²) < 4.78 is 31.7. The molecule has 0 aliphatic carbocycles. The predicted molar refractivity (Wildman–Crippen MR) is 113 cm³/mol. The second-order valence-electron chi connectivity index (χ2n) is 6.30. The lowest BCUT2D eigenvalue weighted by Gasteiger charge is -2.26. The lowest BCUT2D eigenvalue weighted by molar-refractivity contribution is 0.477. The molecule has 0 unspecified atom stereocenters. The number of rotatable bonds is 7. The zero-order valence-corrected chi connectivity index (χ0v) is 17.4. The van der Waals surface area contributed by atoms with E-state index in [0.717, 1.165) is 22.6 Å². The van der Waals surface area contributed by atoms with Crippen LogP contribution in [0.15, 0.2) is 72.1 Å². The number of hydrogen-bond acceptors (Lipinski definition) is 4. The molecule has 1 heterocycles. The molecule has 0 fully saturated rings. The number of para-hydroxylation sites is 1. The summed E-state index contributed by atoms with van der Waals surface area (Å²) in [7, 11) is -1.52. The number of likely N-dealkylation sites (N-methyl/N-ethyl adjacent to an activating group) is 1. The Kier molecular flexibility index (Phi) is 6.31. The van der Waals surface area contributed by atoms with Crippen molar-refractivity contribution in [1.82, 2.24) is 9.62 Å². The first-order valence-corrected chi connectivity index (χ1v) is 11.0. The molecule has 0 aromatic heterocycles.